The molecule has 2 heterocycles. The molecular weight excluding hydrogens is 721 g/mol. The minimum Gasteiger partial charge on any atom is -0.228 e. The standard InChI is InChI=1S/C55H38N2S/c1-55(2)48-26-13-11-22-44(48)45-29-28-37(33-49(45)55)50-34-51(57-54(56-50)36-18-7-4-8-19-36)40-31-38(42-21-10-9-20-41(42)35-16-5-3-6-17-35)30-39(32-40)43-24-15-25-47-46-23-12-14-27-52(46)58-53(43)47/h3-34H,1-2H3. The van der Waals surface area contributed by atoms with Crippen molar-refractivity contribution in [3.8, 4) is 78.4 Å². The lowest BCUT2D eigenvalue weighted by Crippen LogP contribution is -2.14. The largest absolute Gasteiger partial charge is 0.228 e. The van der Waals surface area contributed by atoms with E-state index in [1.54, 1.807) is 0 Å². The Kier molecular flexibility index (Phi) is 8.06. The molecule has 58 heavy (non-hydrogen) atoms. The molecule has 0 aliphatic heterocycles. The lowest BCUT2D eigenvalue weighted by atomic mass is 9.82. The zero-order chi connectivity index (χ0) is 38.8. The summed E-state index contributed by atoms with van der Waals surface area (Å²) >= 11 is 1.87. The van der Waals surface area contributed by atoms with Gasteiger partial charge in [-0.25, -0.2) is 9.97 Å². The summed E-state index contributed by atoms with van der Waals surface area (Å²) in [4.78, 5) is 10.7. The first kappa shape index (κ1) is 34.3. The van der Waals surface area contributed by atoms with E-state index in [0.29, 0.717) is 5.82 Å². The second-order valence-electron chi connectivity index (χ2n) is 15.8. The second-order valence-corrected chi connectivity index (χ2v) is 16.8. The van der Waals surface area contributed by atoms with Gasteiger partial charge in [-0.3, -0.25) is 0 Å². The lowest BCUT2D eigenvalue weighted by molar-refractivity contribution is 0.660. The summed E-state index contributed by atoms with van der Waals surface area (Å²) in [5.74, 6) is 0.708. The number of hydrogen-bond acceptors (Lipinski definition) is 3. The zero-order valence-corrected chi connectivity index (χ0v) is 33.1. The van der Waals surface area contributed by atoms with Crippen LogP contribution in [0, 0.1) is 0 Å². The SMILES string of the molecule is CC1(C)c2ccccc2-c2ccc(-c3cc(-c4cc(-c5ccccc5-c5ccccc5)cc(-c5cccc6c5sc5ccccc56)c4)nc(-c4ccccc4)n3)cc21. The molecule has 0 N–H and O–H groups in total. The van der Waals surface area contributed by atoms with Gasteiger partial charge in [-0.05, 0) is 92.0 Å². The first-order valence-electron chi connectivity index (χ1n) is 19.9. The van der Waals surface area contributed by atoms with E-state index in [9.17, 15) is 0 Å². The molecule has 0 amide bonds. The molecule has 0 radical (unpaired) electrons. The lowest BCUT2D eigenvalue weighted by Gasteiger charge is -2.22. The van der Waals surface area contributed by atoms with Gasteiger partial charge in [0.2, 0.25) is 0 Å². The van der Waals surface area contributed by atoms with E-state index in [0.717, 1.165) is 39.2 Å². The third-order valence-electron chi connectivity index (χ3n) is 11.9. The summed E-state index contributed by atoms with van der Waals surface area (Å²) in [7, 11) is 0. The number of rotatable bonds is 6. The molecule has 1 aliphatic carbocycles. The van der Waals surface area contributed by atoms with Crippen LogP contribution in [0.3, 0.4) is 0 Å². The Morgan fingerprint density at radius 1 is 0.362 bits per heavy atom. The molecule has 0 unspecified atom stereocenters. The molecule has 10 aromatic rings. The van der Waals surface area contributed by atoms with E-state index in [4.69, 9.17) is 9.97 Å². The van der Waals surface area contributed by atoms with Crippen molar-refractivity contribution in [2.45, 2.75) is 19.3 Å². The van der Waals surface area contributed by atoms with Crippen molar-refractivity contribution in [1.82, 2.24) is 9.97 Å². The highest BCUT2D eigenvalue weighted by Crippen LogP contribution is 2.50. The van der Waals surface area contributed by atoms with Gasteiger partial charge in [-0.2, -0.15) is 0 Å². The third kappa shape index (κ3) is 5.69. The maximum atomic E-state index is 5.37. The highest BCUT2D eigenvalue weighted by atomic mass is 32.1. The Hall–Kier alpha value is -6.94. The van der Waals surface area contributed by atoms with Crippen LogP contribution in [0.1, 0.15) is 25.0 Å². The topological polar surface area (TPSA) is 25.8 Å². The zero-order valence-electron chi connectivity index (χ0n) is 32.3. The van der Waals surface area contributed by atoms with E-state index < -0.39 is 0 Å². The van der Waals surface area contributed by atoms with Crippen LogP contribution in [0.15, 0.2) is 194 Å². The normalized spacial score (nSPS) is 12.8. The molecule has 0 bridgehead atoms. The average molecular weight is 759 g/mol. The van der Waals surface area contributed by atoms with Crippen LogP contribution >= 0.6 is 11.3 Å². The maximum absolute atomic E-state index is 5.37. The van der Waals surface area contributed by atoms with Crippen molar-refractivity contribution < 1.29 is 0 Å². The molecular formula is C55H38N2S. The van der Waals surface area contributed by atoms with E-state index in [2.05, 4.69) is 202 Å². The molecule has 0 spiro atoms. The monoisotopic (exact) mass is 758 g/mol. The summed E-state index contributed by atoms with van der Waals surface area (Å²) in [6.45, 7) is 4.67. The third-order valence-corrected chi connectivity index (χ3v) is 13.1. The van der Waals surface area contributed by atoms with E-state index >= 15 is 0 Å². The summed E-state index contributed by atoms with van der Waals surface area (Å²) in [5, 5.41) is 2.58. The molecule has 11 rings (SSSR count). The van der Waals surface area contributed by atoms with Gasteiger partial charge in [0, 0.05) is 42.3 Å². The fourth-order valence-electron chi connectivity index (χ4n) is 8.99. The molecule has 274 valence electrons. The predicted octanol–water partition coefficient (Wildman–Crippen LogP) is 15.2. The van der Waals surface area contributed by atoms with Gasteiger partial charge in [0.1, 0.15) is 0 Å². The number of nitrogens with zero attached hydrogens (tertiary/aromatic N) is 2. The maximum Gasteiger partial charge on any atom is 0.160 e. The highest BCUT2D eigenvalue weighted by molar-refractivity contribution is 7.26. The summed E-state index contributed by atoms with van der Waals surface area (Å²) in [6, 6.07) is 70.2. The van der Waals surface area contributed by atoms with Crippen LogP contribution in [-0.2, 0) is 5.41 Å². The average Bonchev–Trinajstić information content (AvgIpc) is 3.78. The first-order valence-corrected chi connectivity index (χ1v) is 20.7. The number of aromatic nitrogens is 2. The Morgan fingerprint density at radius 3 is 1.69 bits per heavy atom. The molecule has 2 nitrogen and oxygen atoms in total. The van der Waals surface area contributed by atoms with Gasteiger partial charge in [0.15, 0.2) is 5.82 Å². The molecule has 2 aromatic heterocycles. The van der Waals surface area contributed by atoms with E-state index in [1.165, 1.54) is 64.7 Å². The van der Waals surface area contributed by atoms with Gasteiger partial charge >= 0.3 is 0 Å². The minimum atomic E-state index is -0.122. The van der Waals surface area contributed by atoms with Crippen molar-refractivity contribution in [1.29, 1.82) is 0 Å². The van der Waals surface area contributed by atoms with Crippen LogP contribution in [0.25, 0.3) is 98.6 Å². The van der Waals surface area contributed by atoms with E-state index in [1.807, 2.05) is 17.4 Å². The van der Waals surface area contributed by atoms with Gasteiger partial charge < -0.3 is 0 Å². The molecule has 0 fully saturated rings. The number of fused-ring (bicyclic) bond motifs is 6. The van der Waals surface area contributed by atoms with Crippen LogP contribution in [0.2, 0.25) is 0 Å². The number of benzene rings is 8. The highest BCUT2D eigenvalue weighted by Gasteiger charge is 2.35. The fraction of sp³-hybridized carbons (Fsp3) is 0.0545. The van der Waals surface area contributed by atoms with Gasteiger partial charge in [-0.1, -0.05) is 172 Å². The van der Waals surface area contributed by atoms with Crippen molar-refractivity contribution in [3.05, 3.63) is 205 Å². The van der Waals surface area contributed by atoms with Crippen LogP contribution in [0.4, 0.5) is 0 Å². The molecule has 0 saturated heterocycles. The molecule has 3 heteroatoms. The van der Waals surface area contributed by atoms with Gasteiger partial charge in [0.25, 0.3) is 0 Å². The summed E-state index contributed by atoms with van der Waals surface area (Å²) in [6.07, 6.45) is 0. The van der Waals surface area contributed by atoms with Crippen LogP contribution in [-0.4, -0.2) is 9.97 Å². The Morgan fingerprint density at radius 2 is 0.914 bits per heavy atom. The molecule has 0 atom stereocenters. The smallest absolute Gasteiger partial charge is 0.160 e. The second kappa shape index (κ2) is 13.6. The Bertz CT molecular complexity index is 3190. The van der Waals surface area contributed by atoms with Crippen molar-refractivity contribution in [3.63, 3.8) is 0 Å². The van der Waals surface area contributed by atoms with Crippen LogP contribution < -0.4 is 0 Å². The van der Waals surface area contributed by atoms with Gasteiger partial charge in [0.05, 0.1) is 11.4 Å². The van der Waals surface area contributed by atoms with E-state index in [-0.39, 0.29) is 5.41 Å². The van der Waals surface area contributed by atoms with Crippen molar-refractivity contribution in [2.75, 3.05) is 0 Å². The minimum absolute atomic E-state index is 0.122. The van der Waals surface area contributed by atoms with Gasteiger partial charge in [-0.15, -0.1) is 11.3 Å². The molecule has 0 saturated carbocycles. The van der Waals surface area contributed by atoms with Crippen molar-refractivity contribution >= 4 is 31.5 Å². The van der Waals surface area contributed by atoms with Crippen LogP contribution in [0.5, 0.6) is 0 Å². The predicted molar refractivity (Wildman–Crippen MR) is 245 cm³/mol. The number of thiophene rings is 1. The number of hydrogen-bond donors (Lipinski definition) is 0. The summed E-state index contributed by atoms with van der Waals surface area (Å²) < 4.78 is 2.59. The molecule has 8 aromatic carbocycles. The van der Waals surface area contributed by atoms with Crippen molar-refractivity contribution in [2.24, 2.45) is 0 Å². The Balaban J connectivity index is 1.15. The molecule has 1 aliphatic rings. The quantitative estimate of drug-likeness (QED) is 0.169. The summed E-state index contributed by atoms with van der Waals surface area (Å²) in [5.41, 5.74) is 17.2. The first-order chi connectivity index (χ1) is 28.5. The Labute approximate surface area is 342 Å². The fourth-order valence-corrected chi connectivity index (χ4v) is 10.2.